The molecule has 0 aliphatic carbocycles. The third-order valence-corrected chi connectivity index (χ3v) is 4.30. The third-order valence-electron chi connectivity index (χ3n) is 3.50. The Morgan fingerprint density at radius 3 is 2.35 bits per heavy atom. The molecule has 0 saturated heterocycles. The zero-order chi connectivity index (χ0) is 17.0. The van der Waals surface area contributed by atoms with Crippen molar-refractivity contribution in [1.82, 2.24) is 0 Å². The zero-order valence-electron chi connectivity index (χ0n) is 13.9. The topological polar surface area (TPSA) is 35.5 Å². The van der Waals surface area contributed by atoms with E-state index in [1.807, 2.05) is 42.5 Å². The van der Waals surface area contributed by atoms with E-state index in [0.717, 1.165) is 20.4 Å². The van der Waals surface area contributed by atoms with Crippen molar-refractivity contribution in [2.24, 2.45) is 0 Å². The molecule has 3 nitrogen and oxygen atoms in total. The summed E-state index contributed by atoms with van der Waals surface area (Å²) in [5, 5.41) is 0. The van der Waals surface area contributed by atoms with Crippen LogP contribution in [0.15, 0.2) is 42.5 Å². The van der Waals surface area contributed by atoms with Crippen LogP contribution >= 0.6 is 22.6 Å². The van der Waals surface area contributed by atoms with Gasteiger partial charge in [-0.15, -0.1) is 0 Å². The number of hydrogen-bond donors (Lipinski definition) is 0. The van der Waals surface area contributed by atoms with Gasteiger partial charge >= 0.3 is 5.97 Å². The first-order valence-electron chi connectivity index (χ1n) is 7.42. The average Bonchev–Trinajstić information content (AvgIpc) is 2.52. The molecular formula is C19H21IO3. The summed E-state index contributed by atoms with van der Waals surface area (Å²) in [5.41, 5.74) is 2.52. The lowest BCUT2D eigenvalue weighted by atomic mass is 9.85. The average molecular weight is 424 g/mol. The van der Waals surface area contributed by atoms with E-state index >= 15 is 0 Å². The standard InChI is InChI=1S/C19H21IO3/c1-19(2,3)15-10-14(18(21)22-4)11-16(20)17(15)23-12-13-8-6-5-7-9-13/h5-11H,12H2,1-4H3. The molecule has 0 aromatic heterocycles. The van der Waals surface area contributed by atoms with Gasteiger partial charge in [0.25, 0.3) is 0 Å². The van der Waals surface area contributed by atoms with E-state index in [-0.39, 0.29) is 11.4 Å². The molecule has 0 spiro atoms. The molecule has 0 radical (unpaired) electrons. The Balaban J connectivity index is 2.39. The summed E-state index contributed by atoms with van der Waals surface area (Å²) in [5.74, 6) is 0.498. The molecule has 2 aromatic carbocycles. The maximum Gasteiger partial charge on any atom is 0.337 e. The lowest BCUT2D eigenvalue weighted by Gasteiger charge is -2.24. The Morgan fingerprint density at radius 2 is 1.78 bits per heavy atom. The number of esters is 1. The minimum atomic E-state index is -0.331. The number of rotatable bonds is 4. The Morgan fingerprint density at radius 1 is 1.13 bits per heavy atom. The predicted molar refractivity (Wildman–Crippen MR) is 100.0 cm³/mol. The summed E-state index contributed by atoms with van der Waals surface area (Å²) >= 11 is 2.21. The van der Waals surface area contributed by atoms with Crippen molar-refractivity contribution in [2.45, 2.75) is 32.8 Å². The van der Waals surface area contributed by atoms with Crippen LogP contribution in [0.1, 0.15) is 42.3 Å². The van der Waals surface area contributed by atoms with E-state index in [2.05, 4.69) is 43.4 Å². The number of carbonyl (C=O) groups excluding carboxylic acids is 1. The molecule has 0 atom stereocenters. The Bertz CT molecular complexity index is 688. The summed E-state index contributed by atoms with van der Waals surface area (Å²) < 4.78 is 11.8. The summed E-state index contributed by atoms with van der Waals surface area (Å²) in [7, 11) is 1.39. The molecule has 0 fully saturated rings. The van der Waals surface area contributed by atoms with Crippen LogP contribution in [0.2, 0.25) is 0 Å². The summed E-state index contributed by atoms with van der Waals surface area (Å²) in [6, 6.07) is 13.7. The number of methoxy groups -OCH3 is 1. The molecule has 0 bridgehead atoms. The van der Waals surface area contributed by atoms with Gasteiger partial charge in [0.15, 0.2) is 0 Å². The quantitative estimate of drug-likeness (QED) is 0.515. The molecule has 23 heavy (non-hydrogen) atoms. The van der Waals surface area contributed by atoms with Gasteiger partial charge in [0.1, 0.15) is 12.4 Å². The van der Waals surface area contributed by atoms with Crippen molar-refractivity contribution >= 4 is 28.6 Å². The summed E-state index contributed by atoms with van der Waals surface area (Å²) in [4.78, 5) is 11.9. The molecule has 0 aliphatic rings. The number of hydrogen-bond acceptors (Lipinski definition) is 3. The highest BCUT2D eigenvalue weighted by atomic mass is 127. The first kappa shape index (κ1) is 17.8. The third kappa shape index (κ3) is 4.47. The van der Waals surface area contributed by atoms with Crippen LogP contribution in [0.5, 0.6) is 5.75 Å². The number of carbonyl (C=O) groups is 1. The molecule has 4 heteroatoms. The molecule has 2 aromatic rings. The van der Waals surface area contributed by atoms with Crippen LogP contribution in [0.25, 0.3) is 0 Å². The lowest BCUT2D eigenvalue weighted by molar-refractivity contribution is 0.0600. The molecule has 0 unspecified atom stereocenters. The number of ether oxygens (including phenoxy) is 2. The van der Waals surface area contributed by atoms with Gasteiger partial charge in [0.05, 0.1) is 16.2 Å². The Kier molecular flexibility index (Phi) is 5.68. The molecule has 0 aliphatic heterocycles. The highest BCUT2D eigenvalue weighted by molar-refractivity contribution is 14.1. The fraction of sp³-hybridized carbons (Fsp3) is 0.316. The van der Waals surface area contributed by atoms with Crippen LogP contribution in [-0.2, 0) is 16.8 Å². The molecule has 122 valence electrons. The monoisotopic (exact) mass is 424 g/mol. The highest BCUT2D eigenvalue weighted by Gasteiger charge is 2.24. The number of benzene rings is 2. The van der Waals surface area contributed by atoms with Crippen molar-refractivity contribution in [2.75, 3.05) is 7.11 Å². The SMILES string of the molecule is COC(=O)c1cc(I)c(OCc2ccccc2)c(C(C)(C)C)c1. The van der Waals surface area contributed by atoms with Crippen LogP contribution in [-0.4, -0.2) is 13.1 Å². The smallest absolute Gasteiger partial charge is 0.337 e. The minimum Gasteiger partial charge on any atom is -0.487 e. The molecule has 0 heterocycles. The molecule has 0 N–H and O–H groups in total. The molecule has 0 amide bonds. The van der Waals surface area contributed by atoms with E-state index < -0.39 is 0 Å². The second-order valence-electron chi connectivity index (χ2n) is 6.35. The van der Waals surface area contributed by atoms with Gasteiger partial charge in [-0.3, -0.25) is 0 Å². The van der Waals surface area contributed by atoms with Crippen molar-refractivity contribution < 1.29 is 14.3 Å². The van der Waals surface area contributed by atoms with Crippen molar-refractivity contribution in [3.05, 3.63) is 62.7 Å². The van der Waals surface area contributed by atoms with E-state index in [9.17, 15) is 4.79 Å². The van der Waals surface area contributed by atoms with E-state index in [0.29, 0.717) is 12.2 Å². The van der Waals surface area contributed by atoms with Gasteiger partial charge in [0, 0.05) is 5.56 Å². The second kappa shape index (κ2) is 7.34. The van der Waals surface area contributed by atoms with Gasteiger partial charge in [-0.1, -0.05) is 51.1 Å². The van der Waals surface area contributed by atoms with Gasteiger partial charge < -0.3 is 9.47 Å². The Labute approximate surface area is 151 Å². The summed E-state index contributed by atoms with van der Waals surface area (Å²) in [6.07, 6.45) is 0. The summed E-state index contributed by atoms with van der Waals surface area (Å²) in [6.45, 7) is 6.82. The Hall–Kier alpha value is -1.56. The second-order valence-corrected chi connectivity index (χ2v) is 7.51. The molecular weight excluding hydrogens is 403 g/mol. The number of halogens is 1. The first-order valence-corrected chi connectivity index (χ1v) is 8.50. The maximum atomic E-state index is 11.9. The first-order chi connectivity index (χ1) is 10.8. The van der Waals surface area contributed by atoms with Crippen LogP contribution in [0.4, 0.5) is 0 Å². The van der Waals surface area contributed by atoms with Crippen molar-refractivity contribution in [3.63, 3.8) is 0 Å². The maximum absolute atomic E-state index is 11.9. The van der Waals surface area contributed by atoms with E-state index in [4.69, 9.17) is 9.47 Å². The fourth-order valence-corrected chi connectivity index (χ4v) is 3.04. The van der Waals surface area contributed by atoms with E-state index in [1.54, 1.807) is 0 Å². The largest absolute Gasteiger partial charge is 0.487 e. The van der Waals surface area contributed by atoms with Crippen LogP contribution in [0, 0.1) is 3.57 Å². The van der Waals surface area contributed by atoms with Gasteiger partial charge in [-0.25, -0.2) is 4.79 Å². The predicted octanol–water partition coefficient (Wildman–Crippen LogP) is 4.95. The molecule has 0 saturated carbocycles. The zero-order valence-corrected chi connectivity index (χ0v) is 16.0. The van der Waals surface area contributed by atoms with Crippen LogP contribution < -0.4 is 4.74 Å². The van der Waals surface area contributed by atoms with Crippen molar-refractivity contribution in [1.29, 1.82) is 0 Å². The normalized spacial score (nSPS) is 11.2. The van der Waals surface area contributed by atoms with Crippen LogP contribution in [0.3, 0.4) is 0 Å². The van der Waals surface area contributed by atoms with Gasteiger partial charge in [-0.05, 0) is 45.7 Å². The van der Waals surface area contributed by atoms with Gasteiger partial charge in [-0.2, -0.15) is 0 Å². The minimum absolute atomic E-state index is 0.143. The van der Waals surface area contributed by atoms with Crippen molar-refractivity contribution in [3.8, 4) is 5.75 Å². The highest BCUT2D eigenvalue weighted by Crippen LogP contribution is 2.36. The van der Waals surface area contributed by atoms with Gasteiger partial charge in [0.2, 0.25) is 0 Å². The fourth-order valence-electron chi connectivity index (χ4n) is 2.26. The van der Waals surface area contributed by atoms with E-state index in [1.165, 1.54) is 7.11 Å². The molecule has 2 rings (SSSR count). The lowest BCUT2D eigenvalue weighted by Crippen LogP contribution is -2.16.